The molecule has 230 valence electrons. The smallest absolute Gasteiger partial charge is 0.256 e. The minimum atomic E-state index is -1.20. The molecule has 2 aliphatic carbocycles. The van der Waals surface area contributed by atoms with Crippen LogP contribution in [0.3, 0.4) is 0 Å². The van der Waals surface area contributed by atoms with Gasteiger partial charge in [0.15, 0.2) is 0 Å². The SMILES string of the molecule is C[C@H](CC1CCCCC1)C(=O)N1CC[C@@]2(O)Cn3cc(c(-c4ccccc4)cc3=O)C(=O)N3CCOCC34CCC2(C1)C4. The molecule has 2 aromatic rings. The van der Waals surface area contributed by atoms with Gasteiger partial charge in [-0.1, -0.05) is 69.4 Å². The van der Waals surface area contributed by atoms with E-state index in [4.69, 9.17) is 4.74 Å². The van der Waals surface area contributed by atoms with Crippen LogP contribution in [0.1, 0.15) is 81.5 Å². The summed E-state index contributed by atoms with van der Waals surface area (Å²) in [5, 5.41) is 12.6. The standard InChI is InChI=1S/C35H45N3O5/c1-25(18-26-8-4-2-5-9-26)31(40)36-15-14-35(42)23-37-20-29(28(19-30(37)39)27-10-6-3-7-11-27)32(41)38-16-17-43-24-34(38)13-12-33(35,21-34)22-36/h3,6-7,10-11,19-20,25-26,42H,2,4-5,8-9,12-18,21-24H2,1H3/t25-,33?,34?,35-/m1/s1. The zero-order valence-corrected chi connectivity index (χ0v) is 25.4. The van der Waals surface area contributed by atoms with Crippen LogP contribution in [0.25, 0.3) is 11.1 Å². The highest BCUT2D eigenvalue weighted by Gasteiger charge is 2.64. The summed E-state index contributed by atoms with van der Waals surface area (Å²) in [7, 11) is 0. The quantitative estimate of drug-likeness (QED) is 0.570. The van der Waals surface area contributed by atoms with Crippen LogP contribution in [0.2, 0.25) is 0 Å². The first-order chi connectivity index (χ1) is 20.7. The molecule has 43 heavy (non-hydrogen) atoms. The van der Waals surface area contributed by atoms with E-state index in [0.717, 1.165) is 12.0 Å². The van der Waals surface area contributed by atoms with Crippen LogP contribution in [0.15, 0.2) is 47.4 Å². The second kappa shape index (κ2) is 10.9. The van der Waals surface area contributed by atoms with E-state index in [1.807, 2.05) is 40.1 Å². The maximum absolute atomic E-state index is 14.5. The van der Waals surface area contributed by atoms with Crippen molar-refractivity contribution in [2.45, 2.75) is 88.8 Å². The predicted molar refractivity (Wildman–Crippen MR) is 164 cm³/mol. The Bertz CT molecular complexity index is 1450. The summed E-state index contributed by atoms with van der Waals surface area (Å²) in [6.07, 6.45) is 11.2. The van der Waals surface area contributed by atoms with Crippen LogP contribution in [0.4, 0.5) is 0 Å². The lowest BCUT2D eigenvalue weighted by molar-refractivity contribution is -0.168. The van der Waals surface area contributed by atoms with Crippen LogP contribution in [-0.2, 0) is 16.1 Å². The van der Waals surface area contributed by atoms with E-state index in [1.165, 1.54) is 32.1 Å². The average molecular weight is 588 g/mol. The Hall–Kier alpha value is -2.97. The average Bonchev–Trinajstić information content (AvgIpc) is 3.38. The van der Waals surface area contributed by atoms with Crippen LogP contribution in [0, 0.1) is 17.3 Å². The highest BCUT2D eigenvalue weighted by Crippen LogP contribution is 2.57. The Kier molecular flexibility index (Phi) is 7.28. The molecule has 8 nitrogen and oxygen atoms in total. The monoisotopic (exact) mass is 587 g/mol. The highest BCUT2D eigenvalue weighted by atomic mass is 16.5. The van der Waals surface area contributed by atoms with Crippen LogP contribution >= 0.6 is 0 Å². The number of aliphatic hydroxyl groups is 1. The number of carbonyl (C=O) groups is 2. The number of nitrogens with zero attached hydrogens (tertiary/aromatic N) is 3. The van der Waals surface area contributed by atoms with Crippen molar-refractivity contribution in [2.75, 3.05) is 32.8 Å². The molecule has 7 rings (SSSR count). The van der Waals surface area contributed by atoms with Crippen molar-refractivity contribution in [1.82, 2.24) is 14.4 Å². The van der Waals surface area contributed by atoms with E-state index in [1.54, 1.807) is 16.8 Å². The molecule has 8 heteroatoms. The van der Waals surface area contributed by atoms with Gasteiger partial charge in [0.25, 0.3) is 11.5 Å². The molecule has 2 saturated carbocycles. The fourth-order valence-electron chi connectivity index (χ4n) is 9.31. The number of likely N-dealkylation sites (tertiary alicyclic amines) is 1. The molecule has 4 bridgehead atoms. The molecule has 2 saturated heterocycles. The number of benzene rings is 1. The number of fused-ring (bicyclic) bond motifs is 2. The molecule has 4 fully saturated rings. The van der Waals surface area contributed by atoms with E-state index in [-0.39, 0.29) is 29.8 Å². The van der Waals surface area contributed by atoms with E-state index in [0.29, 0.717) is 75.6 Å². The molecule has 2 spiro atoms. The van der Waals surface area contributed by atoms with Gasteiger partial charge >= 0.3 is 0 Å². The van der Waals surface area contributed by atoms with E-state index < -0.39 is 16.6 Å². The van der Waals surface area contributed by atoms with Gasteiger partial charge in [0, 0.05) is 48.8 Å². The Morgan fingerprint density at radius 1 is 1.02 bits per heavy atom. The minimum Gasteiger partial charge on any atom is -0.387 e. The molecule has 2 amide bonds. The second-order valence-corrected chi connectivity index (χ2v) is 14.3. The van der Waals surface area contributed by atoms with Crippen LogP contribution in [0.5, 0.6) is 0 Å². The predicted octanol–water partition coefficient (Wildman–Crippen LogP) is 4.48. The molecule has 1 aromatic carbocycles. The van der Waals surface area contributed by atoms with Crippen molar-refractivity contribution in [3.63, 3.8) is 0 Å². The third kappa shape index (κ3) is 4.85. The minimum absolute atomic E-state index is 0.0487. The fraction of sp³-hybridized carbons (Fsp3) is 0.629. The van der Waals surface area contributed by atoms with Gasteiger partial charge in [-0.25, -0.2) is 0 Å². The van der Waals surface area contributed by atoms with Crippen LogP contribution < -0.4 is 5.56 Å². The maximum atomic E-state index is 14.5. The summed E-state index contributed by atoms with van der Waals surface area (Å²) in [6.45, 7) is 4.44. The van der Waals surface area contributed by atoms with E-state index in [2.05, 4.69) is 6.92 Å². The lowest BCUT2D eigenvalue weighted by Gasteiger charge is -2.55. The molecular weight excluding hydrogens is 542 g/mol. The van der Waals surface area contributed by atoms with E-state index in [9.17, 15) is 19.5 Å². The topological polar surface area (TPSA) is 92.1 Å². The molecule has 1 N–H and O–H groups in total. The third-order valence-electron chi connectivity index (χ3n) is 11.7. The van der Waals surface area contributed by atoms with Gasteiger partial charge in [-0.3, -0.25) is 14.4 Å². The second-order valence-electron chi connectivity index (χ2n) is 14.3. The molecular formula is C35H45N3O5. The summed E-state index contributed by atoms with van der Waals surface area (Å²) in [5.74, 6) is 0.657. The highest BCUT2D eigenvalue weighted by molar-refractivity contribution is 6.01. The number of aromatic nitrogens is 1. The number of morpholine rings is 1. The largest absolute Gasteiger partial charge is 0.387 e. The fourth-order valence-corrected chi connectivity index (χ4v) is 9.31. The summed E-state index contributed by atoms with van der Waals surface area (Å²) in [4.78, 5) is 45.9. The van der Waals surface area contributed by atoms with Gasteiger partial charge < -0.3 is 24.2 Å². The first-order valence-corrected chi connectivity index (χ1v) is 16.4. The summed E-state index contributed by atoms with van der Waals surface area (Å²) >= 11 is 0. The van der Waals surface area contributed by atoms with Crippen molar-refractivity contribution in [2.24, 2.45) is 17.3 Å². The van der Waals surface area contributed by atoms with Gasteiger partial charge in [-0.05, 0) is 43.6 Å². The summed E-state index contributed by atoms with van der Waals surface area (Å²) < 4.78 is 7.61. The van der Waals surface area contributed by atoms with Gasteiger partial charge in [-0.2, -0.15) is 0 Å². The summed E-state index contributed by atoms with van der Waals surface area (Å²) in [5.41, 5.74) is -0.696. The number of amides is 2. The third-order valence-corrected chi connectivity index (χ3v) is 11.7. The van der Waals surface area contributed by atoms with Crippen LogP contribution in [-0.4, -0.2) is 75.3 Å². The van der Waals surface area contributed by atoms with Crippen molar-refractivity contribution >= 4 is 11.8 Å². The first kappa shape index (κ1) is 28.8. The Balaban J connectivity index is 1.26. The van der Waals surface area contributed by atoms with Gasteiger partial charge in [0.1, 0.15) is 0 Å². The van der Waals surface area contributed by atoms with Crippen molar-refractivity contribution in [3.05, 3.63) is 58.5 Å². The van der Waals surface area contributed by atoms with Gasteiger partial charge in [0.05, 0.1) is 36.5 Å². The Morgan fingerprint density at radius 2 is 1.81 bits per heavy atom. The Morgan fingerprint density at radius 3 is 2.60 bits per heavy atom. The number of pyridine rings is 1. The molecule has 5 aliphatic rings. The molecule has 3 aliphatic heterocycles. The van der Waals surface area contributed by atoms with Crippen molar-refractivity contribution in [1.29, 1.82) is 0 Å². The number of carbonyl (C=O) groups excluding carboxylic acids is 2. The normalized spacial score (nSPS) is 31.7. The first-order valence-electron chi connectivity index (χ1n) is 16.4. The molecule has 4 atom stereocenters. The van der Waals surface area contributed by atoms with Gasteiger partial charge in [-0.15, -0.1) is 0 Å². The number of piperidine rings is 1. The van der Waals surface area contributed by atoms with Gasteiger partial charge in [0.2, 0.25) is 5.91 Å². The number of ether oxygens (including phenoxy) is 1. The number of hydrogen-bond donors (Lipinski definition) is 1. The number of hydrogen-bond acceptors (Lipinski definition) is 5. The lowest BCUT2D eigenvalue weighted by atomic mass is 9.64. The number of rotatable bonds is 4. The summed E-state index contributed by atoms with van der Waals surface area (Å²) in [6, 6.07) is 11.1. The molecule has 2 unspecified atom stereocenters. The maximum Gasteiger partial charge on any atom is 0.256 e. The zero-order chi connectivity index (χ0) is 29.8. The Labute approximate surface area is 254 Å². The molecule has 1 aromatic heterocycles. The van der Waals surface area contributed by atoms with E-state index >= 15 is 0 Å². The molecule has 0 radical (unpaired) electrons. The van der Waals surface area contributed by atoms with Crippen molar-refractivity contribution in [3.8, 4) is 11.1 Å². The lowest BCUT2D eigenvalue weighted by Crippen LogP contribution is -2.65. The van der Waals surface area contributed by atoms with Crippen molar-refractivity contribution < 1.29 is 19.4 Å². The zero-order valence-electron chi connectivity index (χ0n) is 25.4. The molecule has 4 heterocycles.